The first kappa shape index (κ1) is 17.1. The number of rotatable bonds is 4. The highest BCUT2D eigenvalue weighted by atomic mass is 19.1. The lowest BCUT2D eigenvalue weighted by Crippen LogP contribution is -2.27. The second-order valence-electron chi connectivity index (χ2n) is 6.48. The van der Waals surface area contributed by atoms with Crippen LogP contribution in [0.25, 0.3) is 11.4 Å². The highest BCUT2D eigenvalue weighted by molar-refractivity contribution is 5.95. The molecule has 1 aliphatic rings. The van der Waals surface area contributed by atoms with Crippen molar-refractivity contribution in [1.82, 2.24) is 14.9 Å². The van der Waals surface area contributed by atoms with E-state index in [4.69, 9.17) is 0 Å². The van der Waals surface area contributed by atoms with Crippen LogP contribution >= 0.6 is 0 Å². The average Bonchev–Trinajstić information content (AvgIpc) is 3.23. The summed E-state index contributed by atoms with van der Waals surface area (Å²) in [6.07, 6.45) is 3.78. The molecule has 1 N–H and O–H groups in total. The molecule has 0 aliphatic carbocycles. The lowest BCUT2D eigenvalue weighted by Gasteiger charge is -2.16. The number of carbonyl (C=O) groups is 1. The molecule has 1 aliphatic heterocycles. The van der Waals surface area contributed by atoms with Gasteiger partial charge in [-0.3, -0.25) is 4.79 Å². The molecular weight excluding hydrogens is 343 g/mol. The normalized spacial score (nSPS) is 13.6. The van der Waals surface area contributed by atoms with E-state index in [1.54, 1.807) is 24.4 Å². The van der Waals surface area contributed by atoms with Gasteiger partial charge in [0.25, 0.3) is 5.91 Å². The summed E-state index contributed by atoms with van der Waals surface area (Å²) in [6.45, 7) is 1.65. The van der Waals surface area contributed by atoms with Gasteiger partial charge in [-0.15, -0.1) is 0 Å². The van der Waals surface area contributed by atoms with Crippen molar-refractivity contribution in [2.24, 2.45) is 0 Å². The third kappa shape index (κ3) is 3.95. The molecule has 1 amide bonds. The molecule has 6 heteroatoms. The van der Waals surface area contributed by atoms with Crippen molar-refractivity contribution in [3.8, 4) is 11.4 Å². The van der Waals surface area contributed by atoms with Gasteiger partial charge in [0.15, 0.2) is 5.82 Å². The SMILES string of the molecule is O=C(c1cccc(Nc2ccnc(-c3ccc(F)cc3)n2)c1)N1CCCC1. The Labute approximate surface area is 156 Å². The van der Waals surface area contributed by atoms with Gasteiger partial charge in [-0.1, -0.05) is 6.07 Å². The van der Waals surface area contributed by atoms with Crippen LogP contribution in [-0.4, -0.2) is 33.9 Å². The maximum Gasteiger partial charge on any atom is 0.253 e. The Kier molecular flexibility index (Phi) is 4.78. The molecule has 1 fully saturated rings. The minimum atomic E-state index is -0.299. The number of aromatic nitrogens is 2. The van der Waals surface area contributed by atoms with Crippen molar-refractivity contribution in [3.05, 3.63) is 72.2 Å². The molecule has 0 unspecified atom stereocenters. The van der Waals surface area contributed by atoms with Gasteiger partial charge >= 0.3 is 0 Å². The first-order valence-corrected chi connectivity index (χ1v) is 8.94. The van der Waals surface area contributed by atoms with Crippen LogP contribution in [0.3, 0.4) is 0 Å². The number of likely N-dealkylation sites (tertiary alicyclic amines) is 1. The molecule has 27 heavy (non-hydrogen) atoms. The lowest BCUT2D eigenvalue weighted by molar-refractivity contribution is 0.0793. The number of hydrogen-bond acceptors (Lipinski definition) is 4. The zero-order valence-electron chi connectivity index (χ0n) is 14.7. The van der Waals surface area contributed by atoms with Gasteiger partial charge in [0.05, 0.1) is 0 Å². The zero-order valence-corrected chi connectivity index (χ0v) is 14.7. The topological polar surface area (TPSA) is 58.1 Å². The highest BCUT2D eigenvalue weighted by Crippen LogP contribution is 2.21. The maximum atomic E-state index is 13.1. The number of halogens is 1. The Morgan fingerprint density at radius 1 is 1.04 bits per heavy atom. The minimum absolute atomic E-state index is 0.0610. The first-order valence-electron chi connectivity index (χ1n) is 8.94. The Hall–Kier alpha value is -3.28. The number of nitrogens with one attached hydrogen (secondary N) is 1. The molecular formula is C21H19FN4O. The zero-order chi connectivity index (χ0) is 18.6. The van der Waals surface area contributed by atoms with Crippen molar-refractivity contribution < 1.29 is 9.18 Å². The first-order chi connectivity index (χ1) is 13.2. The van der Waals surface area contributed by atoms with E-state index < -0.39 is 0 Å². The van der Waals surface area contributed by atoms with Gasteiger partial charge in [-0.05, 0) is 61.4 Å². The Morgan fingerprint density at radius 2 is 1.81 bits per heavy atom. The molecule has 136 valence electrons. The van der Waals surface area contributed by atoms with Gasteiger partial charge < -0.3 is 10.2 Å². The minimum Gasteiger partial charge on any atom is -0.340 e. The van der Waals surface area contributed by atoms with Crippen LogP contribution in [0, 0.1) is 5.82 Å². The number of amides is 1. The predicted molar refractivity (Wildman–Crippen MR) is 102 cm³/mol. The molecule has 1 aromatic heterocycles. The molecule has 0 spiro atoms. The van der Waals surface area contributed by atoms with E-state index in [9.17, 15) is 9.18 Å². The van der Waals surface area contributed by atoms with Crippen molar-refractivity contribution in [2.75, 3.05) is 18.4 Å². The fourth-order valence-corrected chi connectivity index (χ4v) is 3.15. The van der Waals surface area contributed by atoms with Crippen LogP contribution in [0.5, 0.6) is 0 Å². The monoisotopic (exact) mass is 362 g/mol. The summed E-state index contributed by atoms with van der Waals surface area (Å²) >= 11 is 0. The number of anilines is 2. The summed E-state index contributed by atoms with van der Waals surface area (Å²) in [5.41, 5.74) is 2.18. The second-order valence-corrected chi connectivity index (χ2v) is 6.48. The summed E-state index contributed by atoms with van der Waals surface area (Å²) in [6, 6.07) is 15.2. The van der Waals surface area contributed by atoms with E-state index in [2.05, 4.69) is 15.3 Å². The van der Waals surface area contributed by atoms with Gasteiger partial charge in [0.1, 0.15) is 11.6 Å². The molecule has 0 bridgehead atoms. The van der Waals surface area contributed by atoms with Crippen molar-refractivity contribution in [3.63, 3.8) is 0 Å². The fraction of sp³-hybridized carbons (Fsp3) is 0.190. The van der Waals surface area contributed by atoms with Gasteiger partial charge in [-0.25, -0.2) is 14.4 Å². The van der Waals surface area contributed by atoms with Crippen LogP contribution in [0.1, 0.15) is 23.2 Å². The smallest absolute Gasteiger partial charge is 0.253 e. The van der Waals surface area contributed by atoms with E-state index in [0.717, 1.165) is 37.2 Å². The molecule has 2 heterocycles. The molecule has 4 rings (SSSR count). The third-order valence-electron chi connectivity index (χ3n) is 4.53. The molecule has 5 nitrogen and oxygen atoms in total. The summed E-state index contributed by atoms with van der Waals surface area (Å²) in [5.74, 6) is 0.873. The van der Waals surface area contributed by atoms with E-state index in [1.165, 1.54) is 12.1 Å². The number of hydrogen-bond donors (Lipinski definition) is 1. The van der Waals surface area contributed by atoms with E-state index in [0.29, 0.717) is 17.2 Å². The highest BCUT2D eigenvalue weighted by Gasteiger charge is 2.19. The summed E-state index contributed by atoms with van der Waals surface area (Å²) in [7, 11) is 0. The predicted octanol–water partition coefficient (Wildman–Crippen LogP) is 4.26. The quantitative estimate of drug-likeness (QED) is 0.753. The van der Waals surface area contributed by atoms with Gasteiger partial charge in [0.2, 0.25) is 0 Å². The van der Waals surface area contributed by atoms with Crippen molar-refractivity contribution in [2.45, 2.75) is 12.8 Å². The Balaban J connectivity index is 1.54. The van der Waals surface area contributed by atoms with E-state index in [-0.39, 0.29) is 11.7 Å². The second kappa shape index (κ2) is 7.53. The third-order valence-corrected chi connectivity index (χ3v) is 4.53. The molecule has 2 aromatic carbocycles. The van der Waals surface area contributed by atoms with Gasteiger partial charge in [0, 0.05) is 36.1 Å². The van der Waals surface area contributed by atoms with Crippen molar-refractivity contribution in [1.29, 1.82) is 0 Å². The summed E-state index contributed by atoms with van der Waals surface area (Å²) in [4.78, 5) is 23.2. The number of nitrogens with zero attached hydrogens (tertiary/aromatic N) is 3. The standard InChI is InChI=1S/C21H19FN4O/c22-17-8-6-15(7-9-17)20-23-11-10-19(25-20)24-18-5-3-4-16(14-18)21(27)26-12-1-2-13-26/h3-11,14H,1-2,12-13H2,(H,23,24,25). The molecule has 0 atom stereocenters. The summed E-state index contributed by atoms with van der Waals surface area (Å²) < 4.78 is 13.1. The van der Waals surface area contributed by atoms with E-state index in [1.807, 2.05) is 29.2 Å². The number of carbonyl (C=O) groups excluding carboxylic acids is 1. The molecule has 1 saturated heterocycles. The Bertz CT molecular complexity index is 952. The molecule has 3 aromatic rings. The molecule has 0 saturated carbocycles. The summed E-state index contributed by atoms with van der Waals surface area (Å²) in [5, 5.41) is 3.22. The van der Waals surface area contributed by atoms with Crippen LogP contribution in [0.2, 0.25) is 0 Å². The average molecular weight is 362 g/mol. The van der Waals surface area contributed by atoms with Crippen LogP contribution in [-0.2, 0) is 0 Å². The fourth-order valence-electron chi connectivity index (χ4n) is 3.15. The van der Waals surface area contributed by atoms with Crippen LogP contribution < -0.4 is 5.32 Å². The van der Waals surface area contributed by atoms with Crippen molar-refractivity contribution >= 4 is 17.4 Å². The number of benzene rings is 2. The van der Waals surface area contributed by atoms with Gasteiger partial charge in [-0.2, -0.15) is 0 Å². The maximum absolute atomic E-state index is 13.1. The van der Waals surface area contributed by atoms with E-state index >= 15 is 0 Å². The lowest BCUT2D eigenvalue weighted by atomic mass is 10.1. The largest absolute Gasteiger partial charge is 0.340 e. The Morgan fingerprint density at radius 3 is 2.59 bits per heavy atom. The molecule has 0 radical (unpaired) electrons. The van der Waals surface area contributed by atoms with Crippen LogP contribution in [0.15, 0.2) is 60.8 Å². The van der Waals surface area contributed by atoms with Crippen LogP contribution in [0.4, 0.5) is 15.9 Å².